The van der Waals surface area contributed by atoms with Gasteiger partial charge in [-0.15, -0.1) is 0 Å². The molecule has 0 aromatic heterocycles. The van der Waals surface area contributed by atoms with E-state index in [1.807, 2.05) is 24.3 Å². The molecule has 0 radical (unpaired) electrons. The van der Waals surface area contributed by atoms with Gasteiger partial charge in [-0.05, 0) is 24.6 Å². The number of rotatable bonds is 5. The molecule has 3 nitrogen and oxygen atoms in total. The van der Waals surface area contributed by atoms with Crippen molar-refractivity contribution >= 4 is 0 Å². The molecule has 0 bridgehead atoms. The Morgan fingerprint density at radius 1 is 1.21 bits per heavy atom. The molecule has 0 aliphatic carbocycles. The molecule has 0 amide bonds. The molecule has 14 heavy (non-hydrogen) atoms. The summed E-state index contributed by atoms with van der Waals surface area (Å²) in [5, 5.41) is 9.27. The van der Waals surface area contributed by atoms with Crippen LogP contribution in [0.15, 0.2) is 24.3 Å². The molecule has 1 atom stereocenters. The molecule has 1 rings (SSSR count). The van der Waals surface area contributed by atoms with Gasteiger partial charge in [0.15, 0.2) is 0 Å². The lowest BCUT2D eigenvalue weighted by atomic mass is 10.1. The van der Waals surface area contributed by atoms with E-state index in [0.717, 1.165) is 11.3 Å². The predicted octanol–water partition coefficient (Wildman–Crippen LogP) is 1.77. The smallest absolute Gasteiger partial charge is 0.119 e. The maximum atomic E-state index is 9.27. The van der Waals surface area contributed by atoms with Crippen LogP contribution in [0.5, 0.6) is 5.75 Å². The molecular weight excluding hydrogens is 180 g/mol. The molecule has 0 saturated heterocycles. The normalized spacial score (nSPS) is 12.5. The Hall–Kier alpha value is -1.06. The molecule has 0 fully saturated rings. The fourth-order valence-corrected chi connectivity index (χ4v) is 1.09. The van der Waals surface area contributed by atoms with Crippen LogP contribution in [0.3, 0.4) is 0 Å². The topological polar surface area (TPSA) is 38.7 Å². The number of benzene rings is 1. The van der Waals surface area contributed by atoms with Crippen LogP contribution in [-0.4, -0.2) is 25.4 Å². The molecule has 1 aromatic carbocycles. The average Bonchev–Trinajstić information content (AvgIpc) is 2.19. The first kappa shape index (κ1) is 11.0. The number of aliphatic hydroxyl groups is 1. The van der Waals surface area contributed by atoms with Crippen LogP contribution in [0.4, 0.5) is 0 Å². The molecule has 0 aliphatic rings. The fraction of sp³-hybridized carbons (Fsp3) is 0.455. The van der Waals surface area contributed by atoms with E-state index in [9.17, 15) is 5.11 Å². The van der Waals surface area contributed by atoms with Crippen LogP contribution in [0.1, 0.15) is 18.6 Å². The van der Waals surface area contributed by atoms with Gasteiger partial charge in [0.05, 0.1) is 12.7 Å². The summed E-state index contributed by atoms with van der Waals surface area (Å²) in [4.78, 5) is 0. The lowest BCUT2D eigenvalue weighted by Crippen LogP contribution is -2.04. The highest BCUT2D eigenvalue weighted by atomic mass is 16.5. The zero-order chi connectivity index (χ0) is 10.4. The second-order valence-electron chi connectivity index (χ2n) is 3.09. The van der Waals surface area contributed by atoms with Gasteiger partial charge in [-0.25, -0.2) is 0 Å². The van der Waals surface area contributed by atoms with Gasteiger partial charge in [-0.3, -0.25) is 0 Å². The molecule has 0 saturated carbocycles. The van der Waals surface area contributed by atoms with Crippen molar-refractivity contribution < 1.29 is 14.6 Å². The second kappa shape index (κ2) is 5.62. The van der Waals surface area contributed by atoms with Crippen molar-refractivity contribution in [3.8, 4) is 5.75 Å². The van der Waals surface area contributed by atoms with E-state index in [2.05, 4.69) is 0 Å². The van der Waals surface area contributed by atoms with Crippen molar-refractivity contribution in [3.63, 3.8) is 0 Å². The van der Waals surface area contributed by atoms with Crippen LogP contribution in [0, 0.1) is 0 Å². The van der Waals surface area contributed by atoms with Crippen LogP contribution in [0.2, 0.25) is 0 Å². The number of hydrogen-bond acceptors (Lipinski definition) is 3. The number of hydrogen-bond donors (Lipinski definition) is 1. The van der Waals surface area contributed by atoms with Crippen molar-refractivity contribution in [3.05, 3.63) is 29.8 Å². The Morgan fingerprint density at radius 2 is 1.86 bits per heavy atom. The van der Waals surface area contributed by atoms with Gasteiger partial charge in [0.2, 0.25) is 0 Å². The van der Waals surface area contributed by atoms with Gasteiger partial charge in [0, 0.05) is 7.11 Å². The highest BCUT2D eigenvalue weighted by Gasteiger charge is 2.00. The van der Waals surface area contributed by atoms with E-state index >= 15 is 0 Å². The van der Waals surface area contributed by atoms with Gasteiger partial charge >= 0.3 is 0 Å². The third kappa shape index (κ3) is 3.36. The monoisotopic (exact) mass is 196 g/mol. The molecule has 3 heteroatoms. The first-order chi connectivity index (χ1) is 6.74. The van der Waals surface area contributed by atoms with Gasteiger partial charge in [0.1, 0.15) is 12.4 Å². The summed E-state index contributed by atoms with van der Waals surface area (Å²) in [7, 11) is 1.64. The number of aliphatic hydroxyl groups excluding tert-OH is 1. The van der Waals surface area contributed by atoms with Crippen molar-refractivity contribution in [1.82, 2.24) is 0 Å². The molecule has 1 unspecified atom stereocenters. The van der Waals surface area contributed by atoms with Crippen molar-refractivity contribution in [2.75, 3.05) is 20.3 Å². The Kier molecular flexibility index (Phi) is 4.43. The van der Waals surface area contributed by atoms with Crippen LogP contribution < -0.4 is 4.74 Å². The zero-order valence-corrected chi connectivity index (χ0v) is 8.56. The molecular formula is C11H16O3. The van der Waals surface area contributed by atoms with E-state index in [4.69, 9.17) is 9.47 Å². The summed E-state index contributed by atoms with van der Waals surface area (Å²) in [6, 6.07) is 7.40. The first-order valence-electron chi connectivity index (χ1n) is 4.64. The second-order valence-corrected chi connectivity index (χ2v) is 3.09. The van der Waals surface area contributed by atoms with Crippen molar-refractivity contribution in [1.29, 1.82) is 0 Å². The summed E-state index contributed by atoms with van der Waals surface area (Å²) < 4.78 is 10.2. The standard InChI is InChI=1S/C11H16O3/c1-9(12)10-3-5-11(6-4-10)14-8-7-13-2/h3-6,9,12H,7-8H2,1-2H3. The third-order valence-corrected chi connectivity index (χ3v) is 1.92. The average molecular weight is 196 g/mol. The van der Waals surface area contributed by atoms with E-state index in [-0.39, 0.29) is 0 Å². The number of ether oxygens (including phenoxy) is 2. The summed E-state index contributed by atoms with van der Waals surface area (Å²) >= 11 is 0. The zero-order valence-electron chi connectivity index (χ0n) is 8.56. The van der Waals surface area contributed by atoms with Gasteiger partial charge < -0.3 is 14.6 Å². The first-order valence-corrected chi connectivity index (χ1v) is 4.64. The molecule has 78 valence electrons. The lowest BCUT2D eigenvalue weighted by Gasteiger charge is -2.07. The molecule has 1 aromatic rings. The Morgan fingerprint density at radius 3 is 2.36 bits per heavy atom. The SMILES string of the molecule is COCCOc1ccc(C(C)O)cc1. The van der Waals surface area contributed by atoms with E-state index in [0.29, 0.717) is 13.2 Å². The fourth-order valence-electron chi connectivity index (χ4n) is 1.09. The lowest BCUT2D eigenvalue weighted by molar-refractivity contribution is 0.146. The van der Waals surface area contributed by atoms with Crippen LogP contribution >= 0.6 is 0 Å². The summed E-state index contributed by atoms with van der Waals surface area (Å²) in [5.41, 5.74) is 0.893. The van der Waals surface area contributed by atoms with E-state index in [1.165, 1.54) is 0 Å². The van der Waals surface area contributed by atoms with Crippen molar-refractivity contribution in [2.24, 2.45) is 0 Å². The maximum Gasteiger partial charge on any atom is 0.119 e. The summed E-state index contributed by atoms with van der Waals surface area (Å²) in [6.07, 6.45) is -0.428. The van der Waals surface area contributed by atoms with Gasteiger partial charge in [0.25, 0.3) is 0 Å². The van der Waals surface area contributed by atoms with Gasteiger partial charge in [-0.1, -0.05) is 12.1 Å². The van der Waals surface area contributed by atoms with E-state index < -0.39 is 6.10 Å². The molecule has 1 N–H and O–H groups in total. The molecule has 0 heterocycles. The van der Waals surface area contributed by atoms with Crippen LogP contribution in [0.25, 0.3) is 0 Å². The summed E-state index contributed by atoms with van der Waals surface area (Å²) in [6.45, 7) is 2.86. The highest BCUT2D eigenvalue weighted by Crippen LogP contribution is 2.16. The minimum atomic E-state index is -0.428. The molecule has 0 spiro atoms. The maximum absolute atomic E-state index is 9.27. The molecule has 0 aliphatic heterocycles. The van der Waals surface area contributed by atoms with Gasteiger partial charge in [-0.2, -0.15) is 0 Å². The minimum Gasteiger partial charge on any atom is -0.491 e. The minimum absolute atomic E-state index is 0.428. The van der Waals surface area contributed by atoms with Crippen molar-refractivity contribution in [2.45, 2.75) is 13.0 Å². The Balaban J connectivity index is 2.47. The summed E-state index contributed by atoms with van der Waals surface area (Å²) in [5.74, 6) is 0.798. The Bertz CT molecular complexity index is 254. The van der Waals surface area contributed by atoms with Crippen LogP contribution in [-0.2, 0) is 4.74 Å². The largest absolute Gasteiger partial charge is 0.491 e. The highest BCUT2D eigenvalue weighted by molar-refractivity contribution is 5.28. The van der Waals surface area contributed by atoms with E-state index in [1.54, 1.807) is 14.0 Å². The predicted molar refractivity (Wildman–Crippen MR) is 54.4 cm³/mol. The Labute approximate surface area is 84.3 Å². The quantitative estimate of drug-likeness (QED) is 0.729. The number of methoxy groups -OCH3 is 1. The third-order valence-electron chi connectivity index (χ3n) is 1.92.